The Kier molecular flexibility index (Phi) is 6.33. The Balaban J connectivity index is 1.58. The molecule has 1 aliphatic rings. The summed E-state index contributed by atoms with van der Waals surface area (Å²) in [5.74, 6) is 2.12. The van der Waals surface area contributed by atoms with Crippen molar-refractivity contribution in [2.45, 2.75) is 6.61 Å². The van der Waals surface area contributed by atoms with Crippen molar-refractivity contribution >= 4 is 16.6 Å². The quantitative estimate of drug-likeness (QED) is 0.304. The van der Waals surface area contributed by atoms with Crippen LogP contribution in [0.15, 0.2) is 65.8 Å². The van der Waals surface area contributed by atoms with Crippen LogP contribution in [-0.2, 0) is 11.4 Å². The molecule has 0 spiro atoms. The maximum atomic E-state index is 6.01. The molecule has 1 N–H and O–H groups in total. The molecular weight excluding hydrogens is 442 g/mol. The Morgan fingerprint density at radius 1 is 0.886 bits per heavy atom. The Labute approximate surface area is 204 Å². The van der Waals surface area contributed by atoms with Crippen LogP contribution in [-0.4, -0.2) is 57.1 Å². The van der Waals surface area contributed by atoms with Crippen LogP contribution < -0.4 is 14.2 Å². The molecule has 0 saturated carbocycles. The highest BCUT2D eigenvalue weighted by atomic mass is 16.6. The van der Waals surface area contributed by atoms with Crippen LogP contribution >= 0.6 is 0 Å². The number of nitrogens with one attached hydrogen (secondary N) is 1. The summed E-state index contributed by atoms with van der Waals surface area (Å²) >= 11 is 0. The second-order valence-electron chi connectivity index (χ2n) is 8.69. The average Bonchev–Trinajstić information content (AvgIpc) is 3.38. The highest BCUT2D eigenvalue weighted by Gasteiger charge is 2.32. The number of benzene rings is 3. The Morgan fingerprint density at radius 2 is 1.63 bits per heavy atom. The number of hydrogen-bond acceptors (Lipinski definition) is 6. The van der Waals surface area contributed by atoms with Crippen molar-refractivity contribution in [3.05, 3.63) is 77.4 Å². The minimum absolute atomic E-state index is 0.379. The van der Waals surface area contributed by atoms with E-state index in [1.54, 1.807) is 14.2 Å². The molecule has 5 rings (SSSR count). The summed E-state index contributed by atoms with van der Waals surface area (Å²) in [5, 5.41) is 5.65. The number of nitrogens with zero attached hydrogens (tertiary/aromatic N) is 2. The monoisotopic (exact) mass is 471 g/mol. The molecule has 1 heterocycles. The molecule has 0 aliphatic heterocycles. The Bertz CT molecular complexity index is 1380. The highest BCUT2D eigenvalue weighted by Crippen LogP contribution is 2.46. The van der Waals surface area contributed by atoms with E-state index in [4.69, 9.17) is 19.0 Å². The highest BCUT2D eigenvalue weighted by molar-refractivity contribution is 6.30. The average molecular weight is 472 g/mol. The van der Waals surface area contributed by atoms with E-state index in [-0.39, 0.29) is 0 Å². The lowest BCUT2D eigenvalue weighted by Gasteiger charge is -2.12. The van der Waals surface area contributed by atoms with Gasteiger partial charge in [-0.05, 0) is 50.0 Å². The molecule has 0 atom stereocenters. The summed E-state index contributed by atoms with van der Waals surface area (Å²) in [5.41, 5.74) is 6.69. The second kappa shape index (κ2) is 9.72. The standard InChI is InChI=1S/C28H29N3O4/c1-31(2)12-13-34-19-10-11-23-22(14-19)26-27(29-23)20-15-24(32-3)25(33-4)16-21(20)28(26)30-35-17-18-8-6-5-7-9-18/h5-11,14-16,29H,12-13,17H2,1-4H3. The SMILES string of the molecule is COc1cc2c(cc1OC)-c1[nH]c3ccc(OCCN(C)C)cc3c1C2=NOCc1ccccc1. The van der Waals surface area contributed by atoms with Gasteiger partial charge in [-0.15, -0.1) is 0 Å². The van der Waals surface area contributed by atoms with Crippen LogP contribution in [0.4, 0.5) is 0 Å². The summed E-state index contributed by atoms with van der Waals surface area (Å²) in [6.45, 7) is 1.83. The van der Waals surface area contributed by atoms with E-state index in [0.717, 1.165) is 56.9 Å². The molecule has 0 unspecified atom stereocenters. The summed E-state index contributed by atoms with van der Waals surface area (Å²) in [6, 6.07) is 20.0. The van der Waals surface area contributed by atoms with Gasteiger partial charge in [0.05, 0.1) is 19.9 Å². The minimum Gasteiger partial charge on any atom is -0.493 e. The van der Waals surface area contributed by atoms with Gasteiger partial charge in [0.25, 0.3) is 0 Å². The van der Waals surface area contributed by atoms with Crippen molar-refractivity contribution in [2.24, 2.45) is 5.16 Å². The number of rotatable bonds is 9. The third-order valence-electron chi connectivity index (χ3n) is 6.09. The molecule has 4 aromatic rings. The predicted molar refractivity (Wildman–Crippen MR) is 138 cm³/mol. The first-order valence-electron chi connectivity index (χ1n) is 11.5. The van der Waals surface area contributed by atoms with Gasteiger partial charge < -0.3 is 28.9 Å². The molecular formula is C28H29N3O4. The fourth-order valence-corrected chi connectivity index (χ4v) is 4.31. The molecule has 0 saturated heterocycles. The fourth-order valence-electron chi connectivity index (χ4n) is 4.31. The molecule has 1 aliphatic carbocycles. The van der Waals surface area contributed by atoms with Gasteiger partial charge in [-0.3, -0.25) is 0 Å². The molecule has 7 heteroatoms. The lowest BCUT2D eigenvalue weighted by atomic mass is 10.1. The second-order valence-corrected chi connectivity index (χ2v) is 8.69. The van der Waals surface area contributed by atoms with Gasteiger partial charge in [0.15, 0.2) is 11.5 Å². The van der Waals surface area contributed by atoms with E-state index in [1.807, 2.05) is 68.7 Å². The number of methoxy groups -OCH3 is 2. The number of H-pyrrole nitrogens is 1. The van der Waals surface area contributed by atoms with Crippen LogP contribution in [0.5, 0.6) is 17.2 Å². The topological polar surface area (TPSA) is 68.3 Å². The predicted octanol–water partition coefficient (Wildman–Crippen LogP) is 5.08. The fraction of sp³-hybridized carbons (Fsp3) is 0.250. The van der Waals surface area contributed by atoms with Gasteiger partial charge in [-0.25, -0.2) is 0 Å². The number of oxime groups is 1. The maximum Gasteiger partial charge on any atom is 0.161 e. The van der Waals surface area contributed by atoms with Crippen LogP contribution in [0.2, 0.25) is 0 Å². The molecule has 35 heavy (non-hydrogen) atoms. The molecule has 0 amide bonds. The third kappa shape index (κ3) is 4.42. The number of fused-ring (bicyclic) bond motifs is 5. The molecule has 0 bridgehead atoms. The van der Waals surface area contributed by atoms with E-state index in [2.05, 4.69) is 21.1 Å². The molecule has 0 radical (unpaired) electrons. The van der Waals surface area contributed by atoms with Crippen LogP contribution in [0, 0.1) is 0 Å². The van der Waals surface area contributed by atoms with Gasteiger partial charge in [0.1, 0.15) is 24.7 Å². The lowest BCUT2D eigenvalue weighted by molar-refractivity contribution is 0.131. The largest absolute Gasteiger partial charge is 0.493 e. The van der Waals surface area contributed by atoms with E-state index in [9.17, 15) is 0 Å². The van der Waals surface area contributed by atoms with Gasteiger partial charge in [0, 0.05) is 34.1 Å². The number of hydrogen-bond donors (Lipinski definition) is 1. The number of likely N-dealkylation sites (N-methyl/N-ethyl adjacent to an activating group) is 1. The van der Waals surface area contributed by atoms with E-state index < -0.39 is 0 Å². The summed E-state index contributed by atoms with van der Waals surface area (Å²) in [6.07, 6.45) is 0. The number of ether oxygens (including phenoxy) is 3. The van der Waals surface area contributed by atoms with E-state index in [1.165, 1.54) is 0 Å². The summed E-state index contributed by atoms with van der Waals surface area (Å²) in [7, 11) is 7.33. The Hall–Kier alpha value is -3.97. The zero-order valence-corrected chi connectivity index (χ0v) is 20.4. The Morgan fingerprint density at radius 3 is 2.34 bits per heavy atom. The normalized spacial score (nSPS) is 13.2. The van der Waals surface area contributed by atoms with Crippen molar-refractivity contribution in [1.29, 1.82) is 0 Å². The first kappa shape index (κ1) is 22.8. The van der Waals surface area contributed by atoms with Crippen LogP contribution in [0.3, 0.4) is 0 Å². The van der Waals surface area contributed by atoms with E-state index >= 15 is 0 Å². The number of aromatic amines is 1. The van der Waals surface area contributed by atoms with Crippen molar-refractivity contribution in [3.63, 3.8) is 0 Å². The van der Waals surface area contributed by atoms with Crippen molar-refractivity contribution in [2.75, 3.05) is 41.5 Å². The van der Waals surface area contributed by atoms with Crippen LogP contribution in [0.25, 0.3) is 22.2 Å². The number of aromatic nitrogens is 1. The maximum absolute atomic E-state index is 6.01. The minimum atomic E-state index is 0.379. The van der Waals surface area contributed by atoms with Crippen molar-refractivity contribution in [3.8, 4) is 28.5 Å². The first-order valence-corrected chi connectivity index (χ1v) is 11.5. The van der Waals surface area contributed by atoms with Gasteiger partial charge >= 0.3 is 0 Å². The first-order chi connectivity index (χ1) is 17.1. The summed E-state index contributed by atoms with van der Waals surface area (Å²) < 4.78 is 17.2. The zero-order chi connectivity index (χ0) is 24.4. The third-order valence-corrected chi connectivity index (χ3v) is 6.09. The lowest BCUT2D eigenvalue weighted by Crippen LogP contribution is -2.19. The molecule has 180 valence electrons. The molecule has 7 nitrogen and oxygen atoms in total. The van der Waals surface area contributed by atoms with Crippen molar-refractivity contribution in [1.82, 2.24) is 9.88 Å². The smallest absolute Gasteiger partial charge is 0.161 e. The van der Waals surface area contributed by atoms with Gasteiger partial charge in [-0.2, -0.15) is 0 Å². The van der Waals surface area contributed by atoms with E-state index in [0.29, 0.717) is 24.7 Å². The van der Waals surface area contributed by atoms with Gasteiger partial charge in [0.2, 0.25) is 0 Å². The van der Waals surface area contributed by atoms with Crippen LogP contribution in [0.1, 0.15) is 16.7 Å². The summed E-state index contributed by atoms with van der Waals surface area (Å²) in [4.78, 5) is 11.5. The molecule has 0 fully saturated rings. The molecule has 3 aromatic carbocycles. The van der Waals surface area contributed by atoms with Gasteiger partial charge in [-0.1, -0.05) is 35.5 Å². The molecule has 1 aromatic heterocycles. The zero-order valence-electron chi connectivity index (χ0n) is 20.4. The van der Waals surface area contributed by atoms with Crippen molar-refractivity contribution < 1.29 is 19.0 Å².